The van der Waals surface area contributed by atoms with Gasteiger partial charge in [0.25, 0.3) is 5.91 Å². The zero-order valence-corrected chi connectivity index (χ0v) is 17.7. The van der Waals surface area contributed by atoms with E-state index < -0.39 is 18.5 Å². The second-order valence-electron chi connectivity index (χ2n) is 6.50. The fourth-order valence-corrected chi connectivity index (χ4v) is 2.67. The highest BCUT2D eigenvalue weighted by molar-refractivity contribution is 9.10. The lowest BCUT2D eigenvalue weighted by Gasteiger charge is -2.13. The number of para-hydroxylation sites is 1. The molecule has 0 heterocycles. The molecule has 0 spiro atoms. The van der Waals surface area contributed by atoms with Crippen molar-refractivity contribution in [3.8, 4) is 11.5 Å². The van der Waals surface area contributed by atoms with Crippen molar-refractivity contribution in [3.63, 3.8) is 0 Å². The van der Waals surface area contributed by atoms with Crippen molar-refractivity contribution in [2.75, 3.05) is 25.6 Å². The lowest BCUT2D eigenvalue weighted by atomic mass is 10.1. The molecule has 0 radical (unpaired) electrons. The van der Waals surface area contributed by atoms with E-state index in [-0.39, 0.29) is 5.56 Å². The molecule has 7 heteroatoms. The largest absolute Gasteiger partial charge is 0.493 e. The summed E-state index contributed by atoms with van der Waals surface area (Å²) < 4.78 is 16.8. The van der Waals surface area contributed by atoms with Crippen molar-refractivity contribution >= 4 is 33.5 Å². The third-order valence-electron chi connectivity index (χ3n) is 3.83. The zero-order chi connectivity index (χ0) is 20.5. The number of amides is 1. The van der Waals surface area contributed by atoms with Gasteiger partial charge in [0.1, 0.15) is 0 Å². The molecule has 0 aliphatic heterocycles. The number of halogens is 1. The van der Waals surface area contributed by atoms with Crippen molar-refractivity contribution in [1.82, 2.24) is 0 Å². The summed E-state index contributed by atoms with van der Waals surface area (Å²) in [5.74, 6) is 0.486. The molecule has 2 rings (SSSR count). The summed E-state index contributed by atoms with van der Waals surface area (Å²) in [5.41, 5.74) is 0.884. The van der Waals surface area contributed by atoms with E-state index in [0.29, 0.717) is 29.7 Å². The quantitative estimate of drug-likeness (QED) is 0.562. The summed E-state index contributed by atoms with van der Waals surface area (Å²) in [6, 6.07) is 12.0. The second kappa shape index (κ2) is 10.7. The average molecular weight is 450 g/mol. The molecular formula is C21H24BrNO5. The maximum absolute atomic E-state index is 12.2. The summed E-state index contributed by atoms with van der Waals surface area (Å²) in [7, 11) is 1.50. The van der Waals surface area contributed by atoms with E-state index in [2.05, 4.69) is 35.1 Å². The van der Waals surface area contributed by atoms with Gasteiger partial charge in [-0.2, -0.15) is 0 Å². The number of anilines is 1. The second-order valence-corrected chi connectivity index (χ2v) is 7.36. The maximum Gasteiger partial charge on any atom is 0.338 e. The van der Waals surface area contributed by atoms with Crippen LogP contribution in [0.15, 0.2) is 46.9 Å². The number of esters is 1. The van der Waals surface area contributed by atoms with Gasteiger partial charge in [-0.05, 0) is 58.6 Å². The van der Waals surface area contributed by atoms with E-state index >= 15 is 0 Å². The highest BCUT2D eigenvalue weighted by Gasteiger charge is 2.14. The van der Waals surface area contributed by atoms with Crippen molar-refractivity contribution in [3.05, 3.63) is 52.5 Å². The minimum atomic E-state index is -0.616. The predicted octanol–water partition coefficient (Wildman–Crippen LogP) is 4.68. The molecular weight excluding hydrogens is 426 g/mol. The Kier molecular flexibility index (Phi) is 8.32. The normalized spacial score (nSPS) is 10.5. The molecule has 1 N–H and O–H groups in total. The molecule has 0 aliphatic carbocycles. The molecule has 0 saturated carbocycles. The van der Waals surface area contributed by atoms with Crippen molar-refractivity contribution in [2.45, 2.75) is 20.3 Å². The molecule has 0 fully saturated rings. The Bertz CT molecular complexity index is 822. The van der Waals surface area contributed by atoms with Crippen LogP contribution in [-0.4, -0.2) is 32.2 Å². The van der Waals surface area contributed by atoms with E-state index in [9.17, 15) is 9.59 Å². The van der Waals surface area contributed by atoms with Crippen LogP contribution in [0.5, 0.6) is 11.5 Å². The van der Waals surface area contributed by atoms with Gasteiger partial charge < -0.3 is 19.5 Å². The SMILES string of the molecule is COc1cc(C(=O)OCC(=O)Nc2ccccc2Br)ccc1OCCC(C)C. The van der Waals surface area contributed by atoms with E-state index in [1.807, 2.05) is 6.07 Å². The lowest BCUT2D eigenvalue weighted by molar-refractivity contribution is -0.119. The van der Waals surface area contributed by atoms with E-state index in [1.165, 1.54) is 7.11 Å². The summed E-state index contributed by atoms with van der Waals surface area (Å²) in [6.45, 7) is 4.40. The number of hydrogen-bond donors (Lipinski definition) is 1. The number of rotatable bonds is 9. The van der Waals surface area contributed by atoms with Crippen molar-refractivity contribution in [2.24, 2.45) is 5.92 Å². The van der Waals surface area contributed by atoms with Crippen molar-refractivity contribution < 1.29 is 23.8 Å². The summed E-state index contributed by atoms with van der Waals surface area (Å²) in [6.07, 6.45) is 0.916. The van der Waals surface area contributed by atoms with Crippen LogP contribution in [0.25, 0.3) is 0 Å². The number of ether oxygens (including phenoxy) is 3. The van der Waals surface area contributed by atoms with Gasteiger partial charge in [-0.3, -0.25) is 4.79 Å². The van der Waals surface area contributed by atoms with Crippen LogP contribution in [0, 0.1) is 5.92 Å². The van der Waals surface area contributed by atoms with Gasteiger partial charge >= 0.3 is 5.97 Å². The number of carbonyl (C=O) groups is 2. The minimum absolute atomic E-state index is 0.279. The van der Waals surface area contributed by atoms with Crippen LogP contribution >= 0.6 is 15.9 Å². The Labute approximate surface area is 173 Å². The van der Waals surface area contributed by atoms with Gasteiger partial charge in [-0.25, -0.2) is 4.79 Å². The topological polar surface area (TPSA) is 73.9 Å². The van der Waals surface area contributed by atoms with Gasteiger partial charge in [0.2, 0.25) is 0 Å². The van der Waals surface area contributed by atoms with Crippen LogP contribution < -0.4 is 14.8 Å². The van der Waals surface area contributed by atoms with Crippen LogP contribution in [0.1, 0.15) is 30.6 Å². The first kappa shape index (κ1) is 21.8. The molecule has 28 heavy (non-hydrogen) atoms. The molecule has 0 saturated heterocycles. The summed E-state index contributed by atoms with van der Waals surface area (Å²) in [5, 5.41) is 2.67. The Morgan fingerprint density at radius 1 is 1.11 bits per heavy atom. The third kappa shape index (κ3) is 6.56. The first-order chi connectivity index (χ1) is 13.4. The Morgan fingerprint density at radius 2 is 1.86 bits per heavy atom. The van der Waals surface area contributed by atoms with Gasteiger partial charge in [-0.1, -0.05) is 26.0 Å². The molecule has 1 amide bonds. The fourth-order valence-electron chi connectivity index (χ4n) is 2.28. The minimum Gasteiger partial charge on any atom is -0.493 e. The van der Waals surface area contributed by atoms with E-state index in [4.69, 9.17) is 14.2 Å². The number of nitrogens with one attached hydrogen (secondary N) is 1. The molecule has 6 nitrogen and oxygen atoms in total. The van der Waals surface area contributed by atoms with Gasteiger partial charge in [-0.15, -0.1) is 0 Å². The molecule has 150 valence electrons. The molecule has 0 aromatic heterocycles. The highest BCUT2D eigenvalue weighted by atomic mass is 79.9. The lowest BCUT2D eigenvalue weighted by Crippen LogP contribution is -2.21. The maximum atomic E-state index is 12.2. The first-order valence-corrected chi connectivity index (χ1v) is 9.72. The van der Waals surface area contributed by atoms with Gasteiger partial charge in [0, 0.05) is 4.47 Å². The molecule has 0 aliphatic rings. The fraction of sp³-hybridized carbons (Fsp3) is 0.333. The molecule has 2 aromatic carbocycles. The molecule has 0 atom stereocenters. The average Bonchev–Trinajstić information content (AvgIpc) is 2.67. The highest BCUT2D eigenvalue weighted by Crippen LogP contribution is 2.28. The van der Waals surface area contributed by atoms with E-state index in [1.54, 1.807) is 36.4 Å². The standard InChI is InChI=1S/C21H24BrNO5/c1-14(2)10-11-27-18-9-8-15(12-19(18)26-3)21(25)28-13-20(24)23-17-7-5-4-6-16(17)22/h4-9,12,14H,10-11,13H2,1-3H3,(H,23,24). The monoisotopic (exact) mass is 449 g/mol. The summed E-state index contributed by atoms with van der Waals surface area (Å²) in [4.78, 5) is 24.2. The number of hydrogen-bond acceptors (Lipinski definition) is 5. The molecule has 0 unspecified atom stereocenters. The Morgan fingerprint density at radius 3 is 2.54 bits per heavy atom. The number of methoxy groups -OCH3 is 1. The first-order valence-electron chi connectivity index (χ1n) is 8.93. The summed E-state index contributed by atoms with van der Waals surface area (Å²) >= 11 is 3.34. The van der Waals surface area contributed by atoms with Crippen molar-refractivity contribution in [1.29, 1.82) is 0 Å². The smallest absolute Gasteiger partial charge is 0.338 e. The van der Waals surface area contributed by atoms with Crippen LogP contribution in [0.3, 0.4) is 0 Å². The number of carbonyl (C=O) groups excluding carboxylic acids is 2. The molecule has 0 bridgehead atoms. The zero-order valence-electron chi connectivity index (χ0n) is 16.2. The van der Waals surface area contributed by atoms with Gasteiger partial charge in [0.05, 0.1) is 25.0 Å². The van der Waals surface area contributed by atoms with Crippen LogP contribution in [0.2, 0.25) is 0 Å². The molecule has 2 aromatic rings. The predicted molar refractivity (Wildman–Crippen MR) is 111 cm³/mol. The number of benzene rings is 2. The third-order valence-corrected chi connectivity index (χ3v) is 4.53. The van der Waals surface area contributed by atoms with E-state index in [0.717, 1.165) is 10.9 Å². The Hall–Kier alpha value is -2.54. The van der Waals surface area contributed by atoms with Crippen LogP contribution in [0.4, 0.5) is 5.69 Å². The Balaban J connectivity index is 1.92. The van der Waals surface area contributed by atoms with Gasteiger partial charge in [0.15, 0.2) is 18.1 Å². The van der Waals surface area contributed by atoms with Crippen LogP contribution in [-0.2, 0) is 9.53 Å².